The van der Waals surface area contributed by atoms with Gasteiger partial charge in [-0.3, -0.25) is 9.59 Å². The first kappa shape index (κ1) is 29.8. The molecule has 0 fully saturated rings. The van der Waals surface area contributed by atoms with Gasteiger partial charge in [0.15, 0.2) is 0 Å². The normalized spacial score (nSPS) is 12.0. The standard InChI is InChI=1S/C34H40N2O5/c1-3-8-31(38)29(16-9-23(2)37)30-22-41-32-18-12-25-21-27(15-17-28(25)33(30)32)40-20-7-5-4-6-19-36-34(39)24-10-13-26(35)14-11-24/h10-15,17-18,21-22,29H,3-9,16,19-20,35H2,1-2H3,(H,36,39). The Hall–Kier alpha value is -4.13. The molecule has 0 radical (unpaired) electrons. The lowest BCUT2D eigenvalue weighted by molar-refractivity contribution is -0.121. The summed E-state index contributed by atoms with van der Waals surface area (Å²) in [6, 6.07) is 16.9. The van der Waals surface area contributed by atoms with Crippen molar-refractivity contribution in [2.24, 2.45) is 0 Å². The molecule has 0 bridgehead atoms. The van der Waals surface area contributed by atoms with Crippen molar-refractivity contribution in [3.8, 4) is 5.75 Å². The second-order valence-electron chi connectivity index (χ2n) is 10.7. The molecule has 0 aliphatic carbocycles. The second-order valence-corrected chi connectivity index (χ2v) is 10.7. The number of furan rings is 1. The second kappa shape index (κ2) is 14.5. The molecule has 216 valence electrons. The average molecular weight is 557 g/mol. The molecule has 1 atom stereocenters. The number of benzene rings is 3. The molecule has 0 aliphatic heterocycles. The summed E-state index contributed by atoms with van der Waals surface area (Å²) < 4.78 is 11.9. The van der Waals surface area contributed by atoms with Crippen LogP contribution in [0.1, 0.15) is 87.1 Å². The molecule has 7 nitrogen and oxygen atoms in total. The average Bonchev–Trinajstić information content (AvgIpc) is 3.39. The van der Waals surface area contributed by atoms with Crippen molar-refractivity contribution < 1.29 is 23.5 Å². The van der Waals surface area contributed by atoms with E-state index < -0.39 is 0 Å². The summed E-state index contributed by atoms with van der Waals surface area (Å²) in [7, 11) is 0. The fourth-order valence-corrected chi connectivity index (χ4v) is 5.18. The Bertz CT molecular complexity index is 1490. The molecule has 0 saturated carbocycles. The summed E-state index contributed by atoms with van der Waals surface area (Å²) in [4.78, 5) is 36.9. The third kappa shape index (κ3) is 7.97. The van der Waals surface area contributed by atoms with Crippen LogP contribution in [0.3, 0.4) is 0 Å². The van der Waals surface area contributed by atoms with Crippen LogP contribution < -0.4 is 15.8 Å². The predicted molar refractivity (Wildman–Crippen MR) is 163 cm³/mol. The number of hydrogen-bond donors (Lipinski definition) is 2. The van der Waals surface area contributed by atoms with Crippen LogP contribution in [0.25, 0.3) is 21.7 Å². The van der Waals surface area contributed by atoms with Gasteiger partial charge in [0.05, 0.1) is 12.9 Å². The first-order valence-corrected chi connectivity index (χ1v) is 14.6. The smallest absolute Gasteiger partial charge is 0.251 e. The van der Waals surface area contributed by atoms with E-state index in [1.165, 1.54) is 0 Å². The maximum Gasteiger partial charge on any atom is 0.251 e. The number of ketones is 2. The van der Waals surface area contributed by atoms with Crippen LogP contribution in [0.15, 0.2) is 65.3 Å². The highest BCUT2D eigenvalue weighted by molar-refractivity contribution is 6.09. The van der Waals surface area contributed by atoms with Gasteiger partial charge in [-0.05, 0) is 91.9 Å². The monoisotopic (exact) mass is 556 g/mol. The van der Waals surface area contributed by atoms with Gasteiger partial charge in [-0.1, -0.05) is 25.8 Å². The van der Waals surface area contributed by atoms with Gasteiger partial charge in [0.25, 0.3) is 5.91 Å². The number of anilines is 1. The van der Waals surface area contributed by atoms with E-state index in [1.54, 1.807) is 37.5 Å². The number of nitrogens with two attached hydrogens (primary N) is 1. The SMILES string of the molecule is CCCC(=O)C(CCC(C)=O)c1coc2ccc3cc(OCCCCCCNC(=O)c4ccc(N)cc4)ccc3c12. The number of ether oxygens (including phenoxy) is 1. The van der Waals surface area contributed by atoms with E-state index in [9.17, 15) is 14.4 Å². The van der Waals surface area contributed by atoms with E-state index in [-0.39, 0.29) is 23.4 Å². The van der Waals surface area contributed by atoms with Crippen LogP contribution >= 0.6 is 0 Å². The van der Waals surface area contributed by atoms with Crippen LogP contribution in [0.2, 0.25) is 0 Å². The number of hydrogen-bond acceptors (Lipinski definition) is 6. The summed E-state index contributed by atoms with van der Waals surface area (Å²) in [6.45, 7) is 4.81. The van der Waals surface area contributed by atoms with Gasteiger partial charge in [-0.25, -0.2) is 0 Å². The number of fused-ring (bicyclic) bond motifs is 3. The highest BCUT2D eigenvalue weighted by Crippen LogP contribution is 2.37. The number of rotatable bonds is 16. The lowest BCUT2D eigenvalue weighted by atomic mass is 9.86. The third-order valence-electron chi connectivity index (χ3n) is 7.40. The van der Waals surface area contributed by atoms with Crippen molar-refractivity contribution in [3.05, 3.63) is 72.0 Å². The Morgan fingerprint density at radius 3 is 2.49 bits per heavy atom. The zero-order valence-electron chi connectivity index (χ0n) is 24.0. The minimum Gasteiger partial charge on any atom is -0.494 e. The number of amides is 1. The van der Waals surface area contributed by atoms with Crippen molar-refractivity contribution in [2.75, 3.05) is 18.9 Å². The van der Waals surface area contributed by atoms with Gasteiger partial charge in [0.1, 0.15) is 22.9 Å². The Labute approximate surface area is 241 Å². The molecule has 1 amide bonds. The number of unbranched alkanes of at least 4 members (excludes halogenated alkanes) is 3. The molecule has 4 aromatic rings. The van der Waals surface area contributed by atoms with Crippen LogP contribution in [-0.4, -0.2) is 30.6 Å². The molecular weight excluding hydrogens is 516 g/mol. The maximum absolute atomic E-state index is 13.0. The molecule has 3 N–H and O–H groups in total. The van der Waals surface area contributed by atoms with Gasteiger partial charge < -0.3 is 25.0 Å². The summed E-state index contributed by atoms with van der Waals surface area (Å²) in [5.74, 6) is 0.599. The number of Topliss-reactive ketones (excluding diaryl/α,β-unsaturated/α-hetero) is 2. The minimum absolute atomic E-state index is 0.0800. The fraction of sp³-hybridized carbons (Fsp3) is 0.382. The van der Waals surface area contributed by atoms with E-state index >= 15 is 0 Å². The summed E-state index contributed by atoms with van der Waals surface area (Å²) in [6.07, 6.45) is 7.66. The van der Waals surface area contributed by atoms with Crippen molar-refractivity contribution in [3.63, 3.8) is 0 Å². The van der Waals surface area contributed by atoms with Crippen molar-refractivity contribution in [2.45, 2.75) is 71.1 Å². The first-order valence-electron chi connectivity index (χ1n) is 14.6. The van der Waals surface area contributed by atoms with Crippen LogP contribution in [0.4, 0.5) is 5.69 Å². The summed E-state index contributed by atoms with van der Waals surface area (Å²) in [5.41, 5.74) is 8.53. The molecule has 3 aromatic carbocycles. The Morgan fingerprint density at radius 1 is 0.951 bits per heavy atom. The van der Waals surface area contributed by atoms with E-state index in [1.807, 2.05) is 37.3 Å². The lowest BCUT2D eigenvalue weighted by Gasteiger charge is -2.15. The van der Waals surface area contributed by atoms with Gasteiger partial charge in [0.2, 0.25) is 0 Å². The fourth-order valence-electron chi connectivity index (χ4n) is 5.18. The predicted octanol–water partition coefficient (Wildman–Crippen LogP) is 7.36. The van der Waals surface area contributed by atoms with Gasteiger partial charge in [-0.15, -0.1) is 0 Å². The molecule has 1 aromatic heterocycles. The largest absolute Gasteiger partial charge is 0.494 e. The number of carbonyl (C=O) groups excluding carboxylic acids is 3. The maximum atomic E-state index is 13.0. The molecule has 0 saturated heterocycles. The van der Waals surface area contributed by atoms with Crippen LogP contribution in [-0.2, 0) is 9.59 Å². The van der Waals surface area contributed by atoms with Gasteiger partial charge in [-0.2, -0.15) is 0 Å². The van der Waals surface area contributed by atoms with E-state index in [4.69, 9.17) is 14.9 Å². The molecule has 1 unspecified atom stereocenters. The molecule has 41 heavy (non-hydrogen) atoms. The summed E-state index contributed by atoms with van der Waals surface area (Å²) in [5, 5.41) is 5.91. The number of nitrogen functional groups attached to an aromatic ring is 1. The van der Waals surface area contributed by atoms with Gasteiger partial charge >= 0.3 is 0 Å². The third-order valence-corrected chi connectivity index (χ3v) is 7.40. The molecule has 7 heteroatoms. The molecule has 4 rings (SSSR count). The van der Waals surface area contributed by atoms with Crippen molar-refractivity contribution in [1.82, 2.24) is 5.32 Å². The summed E-state index contributed by atoms with van der Waals surface area (Å²) >= 11 is 0. The van der Waals surface area contributed by atoms with Crippen LogP contribution in [0.5, 0.6) is 5.75 Å². The Balaban J connectivity index is 1.30. The van der Waals surface area contributed by atoms with E-state index in [0.29, 0.717) is 43.7 Å². The van der Waals surface area contributed by atoms with Crippen molar-refractivity contribution in [1.29, 1.82) is 0 Å². The van der Waals surface area contributed by atoms with Crippen molar-refractivity contribution >= 4 is 44.9 Å². The Kier molecular flexibility index (Phi) is 10.5. The zero-order valence-corrected chi connectivity index (χ0v) is 24.0. The topological polar surface area (TPSA) is 112 Å². The lowest BCUT2D eigenvalue weighted by Crippen LogP contribution is -2.24. The zero-order chi connectivity index (χ0) is 29.2. The quantitative estimate of drug-likeness (QED) is 0.110. The van der Waals surface area contributed by atoms with Gasteiger partial charge in [0, 0.05) is 47.5 Å². The first-order chi connectivity index (χ1) is 19.9. The highest BCUT2D eigenvalue weighted by atomic mass is 16.5. The van der Waals surface area contributed by atoms with E-state index in [2.05, 4.69) is 5.32 Å². The molecule has 1 heterocycles. The Morgan fingerprint density at radius 2 is 1.73 bits per heavy atom. The minimum atomic E-state index is -0.354. The number of carbonyl (C=O) groups is 3. The van der Waals surface area contributed by atoms with Crippen LogP contribution in [0, 0.1) is 0 Å². The number of nitrogens with one attached hydrogen (secondary N) is 1. The van der Waals surface area contributed by atoms with E-state index in [0.717, 1.165) is 65.2 Å². The molecule has 0 spiro atoms. The molecule has 0 aliphatic rings. The molecular formula is C34H40N2O5. The highest BCUT2D eigenvalue weighted by Gasteiger charge is 2.25.